The van der Waals surface area contributed by atoms with E-state index in [1.54, 1.807) is 0 Å². The Kier molecular flexibility index (Phi) is 6.39. The molecule has 1 aromatic rings. The van der Waals surface area contributed by atoms with E-state index >= 15 is 0 Å². The molecule has 0 aliphatic carbocycles. The Labute approximate surface area is 92.8 Å². The van der Waals surface area contributed by atoms with Crippen molar-refractivity contribution in [2.75, 3.05) is 6.61 Å². The lowest BCUT2D eigenvalue weighted by Gasteiger charge is -2.01. The van der Waals surface area contributed by atoms with E-state index in [1.165, 1.54) is 25.7 Å². The third-order valence-electron chi connectivity index (χ3n) is 2.17. The van der Waals surface area contributed by atoms with Crippen molar-refractivity contribution >= 4 is 0 Å². The van der Waals surface area contributed by atoms with E-state index < -0.39 is 0 Å². The zero-order valence-corrected chi connectivity index (χ0v) is 9.41. The van der Waals surface area contributed by atoms with Gasteiger partial charge in [0.05, 0.1) is 0 Å². The Morgan fingerprint density at radius 1 is 1.20 bits per heavy atom. The molecule has 0 N–H and O–H groups in total. The van der Waals surface area contributed by atoms with Crippen molar-refractivity contribution in [3.8, 4) is 5.75 Å². The molecule has 0 unspecified atom stereocenters. The molecule has 0 amide bonds. The molecule has 1 heteroatoms. The van der Waals surface area contributed by atoms with Crippen molar-refractivity contribution in [1.82, 2.24) is 0 Å². The van der Waals surface area contributed by atoms with E-state index in [1.807, 2.05) is 24.3 Å². The topological polar surface area (TPSA) is 9.23 Å². The maximum atomic E-state index is 5.51. The molecular weight excluding hydrogens is 184 g/mol. The molecule has 0 bridgehead atoms. The number of hydrogen-bond acceptors (Lipinski definition) is 1. The van der Waals surface area contributed by atoms with Crippen LogP contribution in [-0.4, -0.2) is 6.61 Å². The summed E-state index contributed by atoms with van der Waals surface area (Å²) in [6, 6.07) is 10.5. The van der Waals surface area contributed by atoms with E-state index in [-0.39, 0.29) is 0 Å². The minimum absolute atomic E-state index is 0.663. The first-order valence-electron chi connectivity index (χ1n) is 5.67. The van der Waals surface area contributed by atoms with Crippen LogP contribution in [-0.2, 0) is 0 Å². The molecule has 1 radical (unpaired) electrons. The number of rotatable bonds is 7. The summed E-state index contributed by atoms with van der Waals surface area (Å²) in [6.07, 6.45) is 9.34. The predicted molar refractivity (Wildman–Crippen MR) is 64.1 cm³/mol. The van der Waals surface area contributed by atoms with Gasteiger partial charge in [0.15, 0.2) is 0 Å². The van der Waals surface area contributed by atoms with Gasteiger partial charge in [0.2, 0.25) is 0 Å². The van der Waals surface area contributed by atoms with Crippen molar-refractivity contribution in [1.29, 1.82) is 0 Å². The fourth-order valence-corrected chi connectivity index (χ4v) is 1.31. The van der Waals surface area contributed by atoms with E-state index in [2.05, 4.69) is 25.1 Å². The molecule has 15 heavy (non-hydrogen) atoms. The molecular formula is C14H19O. The molecule has 0 saturated heterocycles. The maximum Gasteiger partial charge on any atom is 0.119 e. The summed E-state index contributed by atoms with van der Waals surface area (Å²) >= 11 is 0. The third kappa shape index (κ3) is 5.95. The predicted octanol–water partition coefficient (Wildman–Crippen LogP) is 4.00. The van der Waals surface area contributed by atoms with Crippen LogP contribution < -0.4 is 4.74 Å². The summed E-state index contributed by atoms with van der Waals surface area (Å²) in [5, 5.41) is 0. The second-order valence-corrected chi connectivity index (χ2v) is 3.51. The first kappa shape index (κ1) is 11.8. The monoisotopic (exact) mass is 203 g/mol. The molecule has 1 nitrogen and oxygen atoms in total. The largest absolute Gasteiger partial charge is 0.490 e. The van der Waals surface area contributed by atoms with Gasteiger partial charge in [-0.15, -0.1) is 0 Å². The molecule has 0 saturated carbocycles. The minimum Gasteiger partial charge on any atom is -0.490 e. The van der Waals surface area contributed by atoms with Gasteiger partial charge in [0.25, 0.3) is 0 Å². The number of allylic oxidation sites excluding steroid dienone is 1. The second-order valence-electron chi connectivity index (χ2n) is 3.51. The summed E-state index contributed by atoms with van der Waals surface area (Å²) in [6.45, 7) is 2.88. The molecule has 0 heterocycles. The third-order valence-corrected chi connectivity index (χ3v) is 2.17. The molecule has 0 atom stereocenters. The van der Waals surface area contributed by atoms with E-state index in [4.69, 9.17) is 4.74 Å². The fourth-order valence-electron chi connectivity index (χ4n) is 1.31. The van der Waals surface area contributed by atoms with Crippen molar-refractivity contribution < 1.29 is 4.74 Å². The number of hydrogen-bond donors (Lipinski definition) is 0. The zero-order chi connectivity index (χ0) is 10.8. The van der Waals surface area contributed by atoms with Crippen LogP contribution in [0.2, 0.25) is 0 Å². The van der Waals surface area contributed by atoms with Crippen LogP contribution in [0.25, 0.3) is 0 Å². The molecule has 0 fully saturated rings. The van der Waals surface area contributed by atoms with Gasteiger partial charge in [-0.25, -0.2) is 0 Å². The normalized spacial score (nSPS) is 10.7. The Balaban J connectivity index is 2.06. The lowest BCUT2D eigenvalue weighted by molar-refractivity contribution is 0.362. The lowest BCUT2D eigenvalue weighted by Crippen LogP contribution is -1.92. The summed E-state index contributed by atoms with van der Waals surface area (Å²) in [5.74, 6) is 0.909. The Morgan fingerprint density at radius 3 is 2.73 bits per heavy atom. The summed E-state index contributed by atoms with van der Waals surface area (Å²) < 4.78 is 5.51. The second kappa shape index (κ2) is 8.10. The lowest BCUT2D eigenvalue weighted by atomic mass is 10.2. The average molecular weight is 203 g/mol. The van der Waals surface area contributed by atoms with Crippen molar-refractivity contribution in [3.05, 3.63) is 42.5 Å². The molecule has 0 aliphatic rings. The van der Waals surface area contributed by atoms with Crippen molar-refractivity contribution in [2.45, 2.75) is 32.6 Å². The highest BCUT2D eigenvalue weighted by Crippen LogP contribution is 2.07. The number of benzene rings is 1. The maximum absolute atomic E-state index is 5.51. The van der Waals surface area contributed by atoms with Crippen LogP contribution in [0.4, 0.5) is 0 Å². The highest BCUT2D eigenvalue weighted by Gasteiger charge is 1.87. The standard InChI is InChI=1S/C14H19O/c1-2-3-4-5-6-10-13-15-14-11-8-7-9-12-14/h6,8-12H,2-5,13H2,1H3. The molecule has 0 aromatic heterocycles. The summed E-state index contributed by atoms with van der Waals surface area (Å²) in [4.78, 5) is 0. The van der Waals surface area contributed by atoms with E-state index in [9.17, 15) is 0 Å². The van der Waals surface area contributed by atoms with Gasteiger partial charge in [-0.3, -0.25) is 0 Å². The molecule has 0 aliphatic heterocycles. The quantitative estimate of drug-likeness (QED) is 0.480. The van der Waals surface area contributed by atoms with Crippen LogP contribution in [0.1, 0.15) is 32.6 Å². The highest BCUT2D eigenvalue weighted by molar-refractivity contribution is 5.20. The van der Waals surface area contributed by atoms with Gasteiger partial charge in [-0.05, 0) is 31.0 Å². The number of unbranched alkanes of at least 4 members (excludes halogenated alkanes) is 3. The fraction of sp³-hybridized carbons (Fsp3) is 0.429. The van der Waals surface area contributed by atoms with Gasteiger partial charge >= 0.3 is 0 Å². The van der Waals surface area contributed by atoms with E-state index in [0.29, 0.717) is 6.61 Å². The van der Waals surface area contributed by atoms with Gasteiger partial charge in [0, 0.05) is 0 Å². The summed E-state index contributed by atoms with van der Waals surface area (Å²) in [5.41, 5.74) is 0. The first-order chi connectivity index (χ1) is 7.43. The van der Waals surface area contributed by atoms with Crippen LogP contribution in [0, 0.1) is 6.07 Å². The van der Waals surface area contributed by atoms with Gasteiger partial charge < -0.3 is 4.74 Å². The molecule has 1 aromatic carbocycles. The van der Waals surface area contributed by atoms with Crippen LogP contribution >= 0.6 is 0 Å². The van der Waals surface area contributed by atoms with Gasteiger partial charge in [-0.2, -0.15) is 0 Å². The molecule has 0 spiro atoms. The Bertz CT molecular complexity index is 264. The Hall–Kier alpha value is -1.24. The summed E-state index contributed by atoms with van der Waals surface area (Å²) in [7, 11) is 0. The number of ether oxygens (including phenoxy) is 1. The van der Waals surface area contributed by atoms with Crippen LogP contribution in [0.3, 0.4) is 0 Å². The first-order valence-corrected chi connectivity index (χ1v) is 5.67. The minimum atomic E-state index is 0.663. The van der Waals surface area contributed by atoms with Gasteiger partial charge in [-0.1, -0.05) is 44.1 Å². The van der Waals surface area contributed by atoms with Crippen LogP contribution in [0.5, 0.6) is 5.75 Å². The highest BCUT2D eigenvalue weighted by atomic mass is 16.5. The molecule has 81 valence electrons. The van der Waals surface area contributed by atoms with Crippen molar-refractivity contribution in [3.63, 3.8) is 0 Å². The van der Waals surface area contributed by atoms with Gasteiger partial charge in [0.1, 0.15) is 12.4 Å². The molecule has 1 rings (SSSR count). The SMILES string of the molecule is CCCCCC=CCOc1cc[c]cc1. The van der Waals surface area contributed by atoms with Crippen LogP contribution in [0.15, 0.2) is 36.4 Å². The average Bonchev–Trinajstić information content (AvgIpc) is 2.29. The van der Waals surface area contributed by atoms with E-state index in [0.717, 1.165) is 5.75 Å². The Morgan fingerprint density at radius 2 is 2.00 bits per heavy atom. The smallest absolute Gasteiger partial charge is 0.119 e. The zero-order valence-electron chi connectivity index (χ0n) is 9.41. The van der Waals surface area contributed by atoms with Crippen molar-refractivity contribution in [2.24, 2.45) is 0 Å².